The fraction of sp³-hybridized carbons (Fsp3) is 0.281. The van der Waals surface area contributed by atoms with Crippen LogP contribution in [-0.2, 0) is 33.6 Å². The van der Waals surface area contributed by atoms with E-state index in [1.165, 1.54) is 5.56 Å². The summed E-state index contributed by atoms with van der Waals surface area (Å²) < 4.78 is 0. The van der Waals surface area contributed by atoms with Crippen LogP contribution in [0.2, 0.25) is 0 Å². The van der Waals surface area contributed by atoms with Crippen molar-refractivity contribution in [1.29, 1.82) is 0 Å². The first-order valence-electron chi connectivity index (χ1n) is 13.4. The van der Waals surface area contributed by atoms with Crippen LogP contribution >= 0.6 is 0 Å². The lowest BCUT2D eigenvalue weighted by Gasteiger charge is -2.06. The topological polar surface area (TPSA) is 127 Å². The van der Waals surface area contributed by atoms with E-state index in [1.807, 2.05) is 26.0 Å². The molecule has 0 fully saturated rings. The summed E-state index contributed by atoms with van der Waals surface area (Å²) in [6.07, 6.45) is 8.82. The lowest BCUT2D eigenvalue weighted by atomic mass is 9.99. The molecule has 0 aliphatic carbocycles. The zero-order valence-corrected chi connectivity index (χ0v) is 23.7. The van der Waals surface area contributed by atoms with Crippen molar-refractivity contribution in [3.8, 4) is 0 Å². The molecule has 0 bridgehead atoms. The van der Waals surface area contributed by atoms with Crippen LogP contribution in [0.4, 0.5) is 0 Å². The Morgan fingerprint density at radius 1 is 0.800 bits per heavy atom. The maximum absolute atomic E-state index is 12.3. The van der Waals surface area contributed by atoms with Gasteiger partial charge in [-0.2, -0.15) is 0 Å². The number of nitrogens with one attached hydrogen (secondary N) is 4. The molecule has 0 aromatic carbocycles. The highest BCUT2D eigenvalue weighted by molar-refractivity contribution is 6.03. The van der Waals surface area contributed by atoms with Crippen molar-refractivity contribution < 1.29 is 19.5 Å². The van der Waals surface area contributed by atoms with Crippen LogP contribution < -0.4 is 10.6 Å². The molecular formula is C32H36N4O4. The van der Waals surface area contributed by atoms with Gasteiger partial charge in [0.05, 0.1) is 5.70 Å². The molecule has 5 N–H and O–H groups in total. The standard InChI is InChI=1S/C32H36N4O4/c1-8-20-16(4)25(14-28-21(9-2)19(7)31(39)36-28)33-27(20)15-29-23(11-12-30(37)38)18(6)24(34-29)13-26-17(5)22(10-3)32(40)35-26/h9-10,13-14,33-34H,2-3,8,11-12,15H2,1,4-7H3,(H,35,40)(H,36,39)(H,37,38)/b26-13-,28-14-. The van der Waals surface area contributed by atoms with Crippen LogP contribution in [0, 0.1) is 13.8 Å². The molecule has 208 valence electrons. The van der Waals surface area contributed by atoms with E-state index < -0.39 is 5.97 Å². The molecule has 0 saturated carbocycles. The van der Waals surface area contributed by atoms with Crippen LogP contribution in [-0.4, -0.2) is 32.9 Å². The molecule has 8 nitrogen and oxygen atoms in total. The predicted octanol–water partition coefficient (Wildman–Crippen LogP) is 5.08. The van der Waals surface area contributed by atoms with Crippen molar-refractivity contribution in [3.63, 3.8) is 0 Å². The predicted molar refractivity (Wildman–Crippen MR) is 157 cm³/mol. The van der Waals surface area contributed by atoms with Gasteiger partial charge in [-0.15, -0.1) is 0 Å². The van der Waals surface area contributed by atoms with Crippen LogP contribution in [0.3, 0.4) is 0 Å². The van der Waals surface area contributed by atoms with Crippen LogP contribution in [0.25, 0.3) is 12.2 Å². The van der Waals surface area contributed by atoms with Gasteiger partial charge in [-0.05, 0) is 80.5 Å². The van der Waals surface area contributed by atoms with Gasteiger partial charge in [-0.3, -0.25) is 14.4 Å². The number of aromatic nitrogens is 2. The number of aliphatic carboxylic acids is 1. The molecular weight excluding hydrogens is 504 g/mol. The van der Waals surface area contributed by atoms with E-state index in [0.29, 0.717) is 35.4 Å². The first kappa shape index (κ1) is 28.4. The average molecular weight is 541 g/mol. The van der Waals surface area contributed by atoms with Gasteiger partial charge < -0.3 is 25.7 Å². The summed E-state index contributed by atoms with van der Waals surface area (Å²) in [5, 5.41) is 15.2. The number of amides is 2. The summed E-state index contributed by atoms with van der Waals surface area (Å²) in [6.45, 7) is 17.4. The number of carboxylic acids is 1. The fourth-order valence-corrected chi connectivity index (χ4v) is 5.52. The lowest BCUT2D eigenvalue weighted by Crippen LogP contribution is -2.15. The summed E-state index contributed by atoms with van der Waals surface area (Å²) in [6, 6.07) is 0. The maximum Gasteiger partial charge on any atom is 0.303 e. The maximum atomic E-state index is 12.3. The van der Waals surface area contributed by atoms with E-state index in [-0.39, 0.29) is 18.2 Å². The van der Waals surface area contributed by atoms with Crippen LogP contribution in [0.1, 0.15) is 72.2 Å². The van der Waals surface area contributed by atoms with Gasteiger partial charge in [-0.1, -0.05) is 32.2 Å². The van der Waals surface area contributed by atoms with Crippen molar-refractivity contribution in [2.75, 3.05) is 0 Å². The molecule has 2 amide bonds. The lowest BCUT2D eigenvalue weighted by molar-refractivity contribution is -0.137. The number of aromatic amines is 2. The van der Waals surface area contributed by atoms with Crippen LogP contribution in [0.5, 0.6) is 0 Å². The summed E-state index contributed by atoms with van der Waals surface area (Å²) >= 11 is 0. The molecule has 2 aliphatic heterocycles. The van der Waals surface area contributed by atoms with Gasteiger partial charge >= 0.3 is 5.97 Å². The molecule has 0 radical (unpaired) electrons. The first-order chi connectivity index (χ1) is 19.0. The minimum atomic E-state index is -0.859. The highest BCUT2D eigenvalue weighted by Crippen LogP contribution is 2.31. The monoisotopic (exact) mass is 540 g/mol. The number of allylic oxidation sites excluding steroid dienone is 2. The Labute approximate surface area is 234 Å². The number of rotatable bonds is 10. The third kappa shape index (κ3) is 5.17. The Balaban J connectivity index is 1.76. The summed E-state index contributed by atoms with van der Waals surface area (Å²) in [7, 11) is 0. The molecule has 4 rings (SSSR count). The Morgan fingerprint density at radius 3 is 1.90 bits per heavy atom. The van der Waals surface area contributed by atoms with Gasteiger partial charge in [-0.25, -0.2) is 0 Å². The Bertz CT molecular complexity index is 1590. The highest BCUT2D eigenvalue weighted by atomic mass is 16.4. The van der Waals surface area contributed by atoms with Gasteiger partial charge in [0.1, 0.15) is 0 Å². The summed E-state index contributed by atoms with van der Waals surface area (Å²) in [5.74, 6) is -1.17. The first-order valence-corrected chi connectivity index (χ1v) is 13.4. The summed E-state index contributed by atoms with van der Waals surface area (Å²) in [4.78, 5) is 43.1. The second-order valence-electron chi connectivity index (χ2n) is 10.2. The second kappa shape index (κ2) is 11.3. The molecule has 2 aromatic rings. The van der Waals surface area contributed by atoms with Crippen molar-refractivity contribution in [1.82, 2.24) is 20.6 Å². The molecule has 4 heterocycles. The van der Waals surface area contributed by atoms with Gasteiger partial charge in [0.2, 0.25) is 0 Å². The largest absolute Gasteiger partial charge is 0.481 e. The van der Waals surface area contributed by atoms with E-state index in [9.17, 15) is 19.5 Å². The number of H-pyrrole nitrogens is 2. The van der Waals surface area contributed by atoms with E-state index in [4.69, 9.17) is 0 Å². The third-order valence-corrected chi connectivity index (χ3v) is 7.88. The number of carbonyl (C=O) groups is 3. The van der Waals surface area contributed by atoms with E-state index in [0.717, 1.165) is 57.0 Å². The average Bonchev–Trinajstić information content (AvgIpc) is 3.55. The Kier molecular flexibility index (Phi) is 8.00. The fourth-order valence-electron chi connectivity index (χ4n) is 5.52. The molecule has 0 spiro atoms. The van der Waals surface area contributed by atoms with E-state index in [2.05, 4.69) is 47.6 Å². The molecule has 8 heteroatoms. The second-order valence-corrected chi connectivity index (χ2v) is 10.2. The molecule has 2 aliphatic rings. The Morgan fingerprint density at radius 2 is 1.35 bits per heavy atom. The van der Waals surface area contributed by atoms with Crippen LogP contribution in [0.15, 0.2) is 59.0 Å². The van der Waals surface area contributed by atoms with Gasteiger partial charge in [0.25, 0.3) is 11.8 Å². The van der Waals surface area contributed by atoms with E-state index in [1.54, 1.807) is 19.1 Å². The smallest absolute Gasteiger partial charge is 0.303 e. The van der Waals surface area contributed by atoms with Crippen molar-refractivity contribution in [2.45, 2.75) is 60.3 Å². The summed E-state index contributed by atoms with van der Waals surface area (Å²) in [5.41, 5.74) is 12.0. The van der Waals surface area contributed by atoms with Crippen molar-refractivity contribution in [2.24, 2.45) is 0 Å². The van der Waals surface area contributed by atoms with E-state index >= 15 is 0 Å². The normalized spacial score (nSPS) is 17.3. The van der Waals surface area contributed by atoms with Crippen molar-refractivity contribution in [3.05, 3.63) is 104 Å². The molecule has 0 atom stereocenters. The van der Waals surface area contributed by atoms with Crippen molar-refractivity contribution >= 4 is 29.9 Å². The zero-order valence-electron chi connectivity index (χ0n) is 23.7. The van der Waals surface area contributed by atoms with Gasteiger partial charge in [0.15, 0.2) is 0 Å². The number of hydrogen-bond acceptors (Lipinski definition) is 3. The Hall–Kier alpha value is -4.59. The SMILES string of the molecule is C=CC1=C(C)/C(=C/c2[nH]c(Cc3[nH]c(/C=C4\NC(=O)C(C)=C4C=C)c(C)c3CC)c(CCC(=O)O)c2C)NC1=O. The number of hydrogen-bond donors (Lipinski definition) is 5. The quantitative estimate of drug-likeness (QED) is 0.288. The zero-order chi connectivity index (χ0) is 29.3. The molecule has 0 unspecified atom stereocenters. The number of carboxylic acid groups (broad SMARTS) is 1. The molecule has 0 saturated heterocycles. The molecule has 40 heavy (non-hydrogen) atoms. The van der Waals surface area contributed by atoms with Gasteiger partial charge in [0, 0.05) is 58.0 Å². The number of carbonyl (C=O) groups excluding carboxylic acids is 2. The minimum absolute atomic E-state index is 0.00936. The molecule has 2 aromatic heterocycles. The third-order valence-electron chi connectivity index (χ3n) is 7.88. The highest BCUT2D eigenvalue weighted by Gasteiger charge is 2.25. The minimum Gasteiger partial charge on any atom is -0.481 e.